The zero-order valence-electron chi connectivity index (χ0n) is 15.2. The highest BCUT2D eigenvalue weighted by Crippen LogP contribution is 2.35. The lowest BCUT2D eigenvalue weighted by Crippen LogP contribution is -2.50. The molecule has 1 aromatic rings. The standard InChI is InChI=1S/C18H29N3O3/c1-5-7-18(17(23)24)8-6-9-21(12-18)16(22)15-11-14(10-13(2)3)19-20(15)4/h11,13H,5-10,12H2,1-4H3,(H,23,24)/t18-/m1/s1. The molecule has 1 saturated heterocycles. The molecule has 0 bridgehead atoms. The molecule has 1 atom stereocenters. The van der Waals surface area contributed by atoms with Crippen molar-refractivity contribution in [1.29, 1.82) is 0 Å². The van der Waals surface area contributed by atoms with Crippen LogP contribution in [0.25, 0.3) is 0 Å². The van der Waals surface area contributed by atoms with Crippen LogP contribution in [0.3, 0.4) is 0 Å². The van der Waals surface area contributed by atoms with Gasteiger partial charge in [0.05, 0.1) is 11.1 Å². The second kappa shape index (κ2) is 7.36. The molecule has 1 N–H and O–H groups in total. The molecule has 1 aromatic heterocycles. The van der Waals surface area contributed by atoms with Crippen molar-refractivity contribution in [2.24, 2.45) is 18.4 Å². The Morgan fingerprint density at radius 3 is 2.71 bits per heavy atom. The molecule has 6 nitrogen and oxygen atoms in total. The van der Waals surface area contributed by atoms with Gasteiger partial charge in [-0.05, 0) is 37.7 Å². The second-order valence-corrected chi connectivity index (χ2v) is 7.41. The van der Waals surface area contributed by atoms with E-state index in [-0.39, 0.29) is 5.91 Å². The third-order valence-corrected chi connectivity index (χ3v) is 4.81. The molecule has 2 heterocycles. The SMILES string of the molecule is CCC[C@@]1(C(=O)O)CCCN(C(=O)c2cc(CC(C)C)nn2C)C1. The van der Waals surface area contributed by atoms with Crippen LogP contribution in [0.5, 0.6) is 0 Å². The maximum absolute atomic E-state index is 12.9. The van der Waals surface area contributed by atoms with Gasteiger partial charge >= 0.3 is 5.97 Å². The molecule has 1 fully saturated rings. The van der Waals surface area contributed by atoms with Crippen LogP contribution in [0.1, 0.15) is 62.6 Å². The molecule has 134 valence electrons. The van der Waals surface area contributed by atoms with Gasteiger partial charge in [-0.1, -0.05) is 27.2 Å². The van der Waals surface area contributed by atoms with E-state index in [0.717, 1.165) is 25.0 Å². The topological polar surface area (TPSA) is 75.4 Å². The van der Waals surface area contributed by atoms with Gasteiger partial charge in [-0.15, -0.1) is 0 Å². The number of amides is 1. The molecule has 6 heteroatoms. The van der Waals surface area contributed by atoms with Gasteiger partial charge in [0, 0.05) is 20.1 Å². The minimum absolute atomic E-state index is 0.110. The first kappa shape index (κ1) is 18.5. The Balaban J connectivity index is 2.20. The summed E-state index contributed by atoms with van der Waals surface area (Å²) in [5, 5.41) is 14.1. The molecule has 24 heavy (non-hydrogen) atoms. The van der Waals surface area contributed by atoms with Gasteiger partial charge in [-0.25, -0.2) is 0 Å². The van der Waals surface area contributed by atoms with E-state index in [2.05, 4.69) is 18.9 Å². The fourth-order valence-electron chi connectivity index (χ4n) is 3.68. The van der Waals surface area contributed by atoms with E-state index in [1.54, 1.807) is 16.6 Å². The Labute approximate surface area is 143 Å². The largest absolute Gasteiger partial charge is 0.481 e. The molecule has 0 spiro atoms. The summed E-state index contributed by atoms with van der Waals surface area (Å²) in [6.07, 6.45) is 3.61. The Morgan fingerprint density at radius 2 is 2.12 bits per heavy atom. The fourth-order valence-corrected chi connectivity index (χ4v) is 3.68. The highest BCUT2D eigenvalue weighted by Gasteiger charge is 2.43. The first-order chi connectivity index (χ1) is 11.3. The summed E-state index contributed by atoms with van der Waals surface area (Å²) >= 11 is 0. The number of likely N-dealkylation sites (tertiary alicyclic amines) is 1. The first-order valence-corrected chi connectivity index (χ1v) is 8.84. The lowest BCUT2D eigenvalue weighted by Gasteiger charge is -2.39. The van der Waals surface area contributed by atoms with Crippen LogP contribution in [-0.4, -0.2) is 44.8 Å². The van der Waals surface area contributed by atoms with Gasteiger partial charge < -0.3 is 10.0 Å². The van der Waals surface area contributed by atoms with Gasteiger partial charge in [0.25, 0.3) is 5.91 Å². The number of carboxylic acid groups (broad SMARTS) is 1. The summed E-state index contributed by atoms with van der Waals surface area (Å²) < 4.78 is 1.62. The average Bonchev–Trinajstić information content (AvgIpc) is 2.86. The van der Waals surface area contributed by atoms with Crippen molar-refractivity contribution in [3.05, 3.63) is 17.5 Å². The van der Waals surface area contributed by atoms with E-state index < -0.39 is 11.4 Å². The number of rotatable bonds is 6. The zero-order valence-corrected chi connectivity index (χ0v) is 15.2. The van der Waals surface area contributed by atoms with Gasteiger partial charge in [-0.3, -0.25) is 14.3 Å². The van der Waals surface area contributed by atoms with Crippen molar-refractivity contribution < 1.29 is 14.7 Å². The predicted octanol–water partition coefficient (Wildman–Crippen LogP) is 2.73. The van der Waals surface area contributed by atoms with Gasteiger partial charge in [0.15, 0.2) is 0 Å². The van der Waals surface area contributed by atoms with Gasteiger partial charge in [-0.2, -0.15) is 5.10 Å². The Bertz CT molecular complexity index is 605. The molecule has 0 aliphatic carbocycles. The number of carboxylic acids is 1. The fraction of sp³-hybridized carbons (Fsp3) is 0.722. The lowest BCUT2D eigenvalue weighted by molar-refractivity contribution is -0.152. The van der Waals surface area contributed by atoms with Crippen molar-refractivity contribution >= 4 is 11.9 Å². The van der Waals surface area contributed by atoms with E-state index in [1.165, 1.54) is 0 Å². The highest BCUT2D eigenvalue weighted by molar-refractivity contribution is 5.93. The molecule has 0 radical (unpaired) electrons. The molecule has 0 saturated carbocycles. The van der Waals surface area contributed by atoms with E-state index in [1.807, 2.05) is 13.0 Å². The van der Waals surface area contributed by atoms with Crippen LogP contribution >= 0.6 is 0 Å². The number of aliphatic carboxylic acids is 1. The van der Waals surface area contributed by atoms with E-state index in [9.17, 15) is 14.7 Å². The average molecular weight is 335 g/mol. The van der Waals surface area contributed by atoms with Crippen molar-refractivity contribution in [3.8, 4) is 0 Å². The van der Waals surface area contributed by atoms with Crippen molar-refractivity contribution in [2.45, 2.75) is 52.9 Å². The third-order valence-electron chi connectivity index (χ3n) is 4.81. The van der Waals surface area contributed by atoms with Crippen LogP contribution in [0.2, 0.25) is 0 Å². The number of nitrogens with zero attached hydrogens (tertiary/aromatic N) is 3. The summed E-state index contributed by atoms with van der Waals surface area (Å²) in [6, 6.07) is 1.85. The maximum atomic E-state index is 12.9. The smallest absolute Gasteiger partial charge is 0.311 e. The molecule has 1 aliphatic rings. The molecule has 1 amide bonds. The van der Waals surface area contributed by atoms with E-state index in [0.29, 0.717) is 37.5 Å². The molecular weight excluding hydrogens is 306 g/mol. The normalized spacial score (nSPS) is 21.3. The summed E-state index contributed by atoms with van der Waals surface area (Å²) in [4.78, 5) is 26.4. The highest BCUT2D eigenvalue weighted by atomic mass is 16.4. The Kier molecular flexibility index (Phi) is 5.67. The van der Waals surface area contributed by atoms with Crippen LogP contribution in [-0.2, 0) is 18.3 Å². The van der Waals surface area contributed by atoms with Crippen molar-refractivity contribution in [2.75, 3.05) is 13.1 Å². The zero-order chi connectivity index (χ0) is 17.9. The quantitative estimate of drug-likeness (QED) is 0.867. The Hall–Kier alpha value is -1.85. The third kappa shape index (κ3) is 3.79. The number of carbonyl (C=O) groups is 2. The van der Waals surface area contributed by atoms with Gasteiger partial charge in [0.2, 0.25) is 0 Å². The number of hydrogen-bond donors (Lipinski definition) is 1. The van der Waals surface area contributed by atoms with Crippen LogP contribution in [0.15, 0.2) is 6.07 Å². The second-order valence-electron chi connectivity index (χ2n) is 7.41. The van der Waals surface area contributed by atoms with Crippen molar-refractivity contribution in [3.63, 3.8) is 0 Å². The molecule has 2 rings (SSSR count). The van der Waals surface area contributed by atoms with Crippen LogP contribution < -0.4 is 0 Å². The maximum Gasteiger partial charge on any atom is 0.311 e. The monoisotopic (exact) mass is 335 g/mol. The number of carbonyl (C=O) groups excluding carboxylic acids is 1. The van der Waals surface area contributed by atoms with E-state index in [4.69, 9.17) is 0 Å². The summed E-state index contributed by atoms with van der Waals surface area (Å²) in [6.45, 7) is 7.13. The summed E-state index contributed by atoms with van der Waals surface area (Å²) in [5.74, 6) is -0.421. The van der Waals surface area contributed by atoms with E-state index >= 15 is 0 Å². The summed E-state index contributed by atoms with van der Waals surface area (Å²) in [5.41, 5.74) is 0.649. The number of piperidine rings is 1. The predicted molar refractivity (Wildman–Crippen MR) is 91.9 cm³/mol. The minimum atomic E-state index is -0.804. The molecule has 0 unspecified atom stereocenters. The molecule has 0 aromatic carbocycles. The van der Waals surface area contributed by atoms with Gasteiger partial charge in [0.1, 0.15) is 5.69 Å². The molecule has 1 aliphatic heterocycles. The first-order valence-electron chi connectivity index (χ1n) is 8.84. The van der Waals surface area contributed by atoms with Crippen molar-refractivity contribution in [1.82, 2.24) is 14.7 Å². The summed E-state index contributed by atoms with van der Waals surface area (Å²) in [7, 11) is 1.78. The van der Waals surface area contributed by atoms with Crippen LogP contribution in [0.4, 0.5) is 0 Å². The number of aromatic nitrogens is 2. The molecular formula is C18H29N3O3. The Morgan fingerprint density at radius 1 is 1.42 bits per heavy atom. The van der Waals surface area contributed by atoms with Crippen LogP contribution in [0, 0.1) is 11.3 Å². The minimum Gasteiger partial charge on any atom is -0.481 e. The number of hydrogen-bond acceptors (Lipinski definition) is 3. The number of aryl methyl sites for hydroxylation is 1. The lowest BCUT2D eigenvalue weighted by atomic mass is 9.76.